The average molecular weight is 404 g/mol. The van der Waals surface area contributed by atoms with Gasteiger partial charge in [0.05, 0.1) is 26.2 Å². The normalized spacial score (nSPS) is 15.9. The maximum Gasteiger partial charge on any atom is 0.248 e. The van der Waals surface area contributed by atoms with E-state index in [2.05, 4.69) is 0 Å². The zero-order chi connectivity index (χ0) is 20.5. The molecule has 1 amide bonds. The average Bonchev–Trinajstić information content (AvgIpc) is 3.00. The van der Waals surface area contributed by atoms with Gasteiger partial charge in [0, 0.05) is 17.8 Å². The minimum Gasteiger partial charge on any atom is -0.497 e. The maximum absolute atomic E-state index is 13.2. The molecule has 2 aromatic carbocycles. The Morgan fingerprint density at radius 1 is 1.18 bits per heavy atom. The van der Waals surface area contributed by atoms with Crippen molar-refractivity contribution in [2.75, 3.05) is 36.2 Å². The number of amides is 1. The Morgan fingerprint density at radius 3 is 2.54 bits per heavy atom. The number of para-hydroxylation sites is 1. The molecule has 0 bridgehead atoms. The molecule has 0 fully saturated rings. The third kappa shape index (κ3) is 3.77. The third-order valence-electron chi connectivity index (χ3n) is 4.81. The summed E-state index contributed by atoms with van der Waals surface area (Å²) in [5.74, 6) is 0.512. The van der Waals surface area contributed by atoms with Crippen molar-refractivity contribution in [3.63, 3.8) is 0 Å². The zero-order valence-electron chi connectivity index (χ0n) is 16.4. The number of sulfonamides is 1. The Bertz CT molecular complexity index is 990. The lowest BCUT2D eigenvalue weighted by atomic mass is 10.1. The molecule has 1 heterocycles. The largest absolute Gasteiger partial charge is 0.497 e. The quantitative estimate of drug-likeness (QED) is 0.739. The van der Waals surface area contributed by atoms with E-state index in [4.69, 9.17) is 9.47 Å². The third-order valence-corrected chi connectivity index (χ3v) is 5.94. The molecule has 0 aliphatic carbocycles. The fourth-order valence-corrected chi connectivity index (χ4v) is 4.36. The van der Waals surface area contributed by atoms with Crippen LogP contribution in [0.3, 0.4) is 0 Å². The number of carbonyl (C=O) groups is 1. The van der Waals surface area contributed by atoms with Gasteiger partial charge in [-0.25, -0.2) is 8.42 Å². The van der Waals surface area contributed by atoms with E-state index in [1.165, 1.54) is 14.2 Å². The maximum atomic E-state index is 13.2. The molecular weight excluding hydrogens is 380 g/mol. The molecule has 7 nitrogen and oxygen atoms in total. The van der Waals surface area contributed by atoms with E-state index in [9.17, 15) is 13.2 Å². The Kier molecular flexibility index (Phi) is 5.51. The number of hydrogen-bond donors (Lipinski definition) is 0. The summed E-state index contributed by atoms with van der Waals surface area (Å²) in [4.78, 5) is 14.8. The van der Waals surface area contributed by atoms with E-state index in [-0.39, 0.29) is 24.2 Å². The lowest BCUT2D eigenvalue weighted by molar-refractivity contribution is -0.117. The molecular formula is C20H24N2O5S. The zero-order valence-corrected chi connectivity index (χ0v) is 17.2. The molecule has 150 valence electrons. The molecule has 28 heavy (non-hydrogen) atoms. The van der Waals surface area contributed by atoms with Crippen LogP contribution in [0.1, 0.15) is 12.5 Å². The van der Waals surface area contributed by atoms with Gasteiger partial charge in [0.2, 0.25) is 15.9 Å². The van der Waals surface area contributed by atoms with Crippen molar-refractivity contribution in [1.29, 1.82) is 0 Å². The summed E-state index contributed by atoms with van der Waals surface area (Å²) in [5.41, 5.74) is 2.16. The molecule has 0 N–H and O–H groups in total. The van der Waals surface area contributed by atoms with Crippen LogP contribution < -0.4 is 18.7 Å². The number of carbonyl (C=O) groups excluding carboxylic acids is 1. The standard InChI is InChI=1S/C20H24N2O5S/c1-14-11-15-7-5-6-8-17(15)22(14)20(23)13-21(28(4,24)25)18-12-16(26-2)9-10-19(18)27-3/h5-10,12,14H,11,13H2,1-4H3. The minimum absolute atomic E-state index is 0.0430. The van der Waals surface area contributed by atoms with Crippen molar-refractivity contribution < 1.29 is 22.7 Å². The second-order valence-electron chi connectivity index (χ2n) is 6.75. The number of methoxy groups -OCH3 is 2. The first kappa shape index (κ1) is 20.0. The number of nitrogens with zero attached hydrogens (tertiary/aromatic N) is 2. The minimum atomic E-state index is -3.74. The van der Waals surface area contributed by atoms with E-state index in [0.29, 0.717) is 11.5 Å². The first-order valence-electron chi connectivity index (χ1n) is 8.86. The Morgan fingerprint density at radius 2 is 1.89 bits per heavy atom. The predicted octanol–water partition coefficient (Wildman–Crippen LogP) is 2.45. The first-order chi connectivity index (χ1) is 13.3. The molecule has 1 aliphatic rings. The molecule has 3 rings (SSSR count). The van der Waals surface area contributed by atoms with Gasteiger partial charge in [-0.05, 0) is 37.1 Å². The van der Waals surface area contributed by atoms with Crippen molar-refractivity contribution >= 4 is 27.3 Å². The highest BCUT2D eigenvalue weighted by Gasteiger charge is 2.33. The van der Waals surface area contributed by atoms with E-state index in [1.54, 1.807) is 23.1 Å². The smallest absolute Gasteiger partial charge is 0.248 e. The van der Waals surface area contributed by atoms with Gasteiger partial charge < -0.3 is 14.4 Å². The van der Waals surface area contributed by atoms with Gasteiger partial charge in [-0.15, -0.1) is 0 Å². The lowest BCUT2D eigenvalue weighted by Crippen LogP contribution is -2.45. The highest BCUT2D eigenvalue weighted by Crippen LogP contribution is 2.35. The summed E-state index contributed by atoms with van der Waals surface area (Å²) >= 11 is 0. The molecule has 0 spiro atoms. The van der Waals surface area contributed by atoms with Crippen LogP contribution >= 0.6 is 0 Å². The SMILES string of the molecule is COc1ccc(OC)c(N(CC(=O)N2c3ccccc3CC2C)S(C)(=O)=O)c1. The van der Waals surface area contributed by atoms with Gasteiger partial charge in [-0.2, -0.15) is 0 Å². The molecule has 0 saturated carbocycles. The first-order valence-corrected chi connectivity index (χ1v) is 10.7. The Hall–Kier alpha value is -2.74. The van der Waals surface area contributed by atoms with E-state index in [0.717, 1.165) is 28.2 Å². The number of benzene rings is 2. The van der Waals surface area contributed by atoms with E-state index >= 15 is 0 Å². The van der Waals surface area contributed by atoms with Gasteiger partial charge >= 0.3 is 0 Å². The summed E-state index contributed by atoms with van der Waals surface area (Å²) in [7, 11) is -0.804. The number of ether oxygens (including phenoxy) is 2. The fraction of sp³-hybridized carbons (Fsp3) is 0.350. The second-order valence-corrected chi connectivity index (χ2v) is 8.66. The summed E-state index contributed by atoms with van der Waals surface area (Å²) in [5, 5.41) is 0. The van der Waals surface area contributed by atoms with E-state index < -0.39 is 10.0 Å². The van der Waals surface area contributed by atoms with Crippen LogP contribution in [0.4, 0.5) is 11.4 Å². The summed E-state index contributed by atoms with van der Waals surface area (Å²) in [6, 6.07) is 12.5. The number of anilines is 2. The Balaban J connectivity index is 1.98. The van der Waals surface area contributed by atoms with Crippen LogP contribution in [0.25, 0.3) is 0 Å². The number of fused-ring (bicyclic) bond motifs is 1. The van der Waals surface area contributed by atoms with Crippen LogP contribution in [0, 0.1) is 0 Å². The van der Waals surface area contributed by atoms with Gasteiger partial charge in [0.15, 0.2) is 0 Å². The van der Waals surface area contributed by atoms with Crippen molar-refractivity contribution in [3.8, 4) is 11.5 Å². The van der Waals surface area contributed by atoms with Crippen molar-refractivity contribution in [2.24, 2.45) is 0 Å². The molecule has 1 atom stereocenters. The number of hydrogen-bond acceptors (Lipinski definition) is 5. The van der Waals surface area contributed by atoms with E-state index in [1.807, 2.05) is 31.2 Å². The van der Waals surface area contributed by atoms with Crippen LogP contribution in [-0.4, -0.2) is 47.4 Å². The van der Waals surface area contributed by atoms with Gasteiger partial charge in [-0.3, -0.25) is 9.10 Å². The summed E-state index contributed by atoms with van der Waals surface area (Å²) < 4.78 is 36.7. The summed E-state index contributed by atoms with van der Waals surface area (Å²) in [6.45, 7) is 1.62. The van der Waals surface area contributed by atoms with Gasteiger partial charge in [0.1, 0.15) is 18.0 Å². The molecule has 0 radical (unpaired) electrons. The molecule has 0 aromatic heterocycles. The molecule has 8 heteroatoms. The molecule has 0 saturated heterocycles. The number of rotatable bonds is 6. The topological polar surface area (TPSA) is 76.2 Å². The second kappa shape index (κ2) is 7.71. The fourth-order valence-electron chi connectivity index (χ4n) is 3.52. The van der Waals surface area contributed by atoms with Crippen LogP contribution in [0.15, 0.2) is 42.5 Å². The van der Waals surface area contributed by atoms with Crippen LogP contribution in [0.5, 0.6) is 11.5 Å². The Labute approximate surface area is 165 Å². The molecule has 2 aromatic rings. The van der Waals surface area contributed by atoms with Crippen molar-refractivity contribution in [1.82, 2.24) is 0 Å². The molecule has 1 unspecified atom stereocenters. The predicted molar refractivity (Wildman–Crippen MR) is 109 cm³/mol. The van der Waals surface area contributed by atoms with Crippen LogP contribution in [-0.2, 0) is 21.2 Å². The van der Waals surface area contributed by atoms with Crippen molar-refractivity contribution in [3.05, 3.63) is 48.0 Å². The highest BCUT2D eigenvalue weighted by molar-refractivity contribution is 7.92. The highest BCUT2D eigenvalue weighted by atomic mass is 32.2. The lowest BCUT2D eigenvalue weighted by Gasteiger charge is -2.28. The van der Waals surface area contributed by atoms with Crippen LogP contribution in [0.2, 0.25) is 0 Å². The molecule has 1 aliphatic heterocycles. The van der Waals surface area contributed by atoms with Gasteiger partial charge in [0.25, 0.3) is 0 Å². The van der Waals surface area contributed by atoms with Crippen molar-refractivity contribution in [2.45, 2.75) is 19.4 Å². The van der Waals surface area contributed by atoms with Gasteiger partial charge in [-0.1, -0.05) is 18.2 Å². The monoisotopic (exact) mass is 404 g/mol. The summed E-state index contributed by atoms with van der Waals surface area (Å²) in [6.07, 6.45) is 1.81.